The molecular weight excluding hydrogens is 150 g/mol. The molecule has 0 bridgehead atoms. The van der Waals surface area contributed by atoms with Gasteiger partial charge in [-0.3, -0.25) is 0 Å². The minimum absolute atomic E-state index is 0.159. The molecule has 0 fully saturated rings. The van der Waals surface area contributed by atoms with Gasteiger partial charge in [0.05, 0.1) is 0 Å². The van der Waals surface area contributed by atoms with Gasteiger partial charge in [-0.1, -0.05) is 29.8 Å². The largest absolute Gasteiger partial charge is 0.330 e. The van der Waals surface area contributed by atoms with Crippen LogP contribution in [0.4, 0.5) is 0 Å². The molecule has 0 spiro atoms. The Kier molecular flexibility index (Phi) is 2.85. The van der Waals surface area contributed by atoms with E-state index in [-0.39, 0.29) is 9.68 Å². The van der Waals surface area contributed by atoms with Crippen molar-refractivity contribution in [3.05, 3.63) is 29.8 Å². The molecule has 0 aliphatic rings. The van der Waals surface area contributed by atoms with Crippen molar-refractivity contribution in [2.45, 2.75) is 6.92 Å². The molecule has 1 rings (SSSR count). The molecule has 1 aromatic rings. The van der Waals surface area contributed by atoms with Crippen LogP contribution in [0.3, 0.4) is 0 Å². The first-order chi connectivity index (χ1) is 5.18. The summed E-state index contributed by atoms with van der Waals surface area (Å²) in [6.07, 6.45) is 0. The van der Waals surface area contributed by atoms with Crippen LogP contribution in [-0.2, 0) is 0 Å². The van der Waals surface area contributed by atoms with E-state index in [0.717, 1.165) is 0 Å². The minimum Gasteiger partial charge on any atom is -0.330 e. The highest BCUT2D eigenvalue weighted by molar-refractivity contribution is 6.50. The van der Waals surface area contributed by atoms with Gasteiger partial charge in [-0.2, -0.15) is 0 Å². The zero-order valence-corrected chi connectivity index (χ0v) is 8.88. The van der Waals surface area contributed by atoms with E-state index in [2.05, 4.69) is 49.9 Å². The second-order valence-electron chi connectivity index (χ2n) is 3.22. The van der Waals surface area contributed by atoms with Crippen LogP contribution >= 0.6 is 0 Å². The Balaban J connectivity index is 2.66. The van der Waals surface area contributed by atoms with Gasteiger partial charge >= 0.3 is 0 Å². The predicted octanol–water partition coefficient (Wildman–Crippen LogP) is 0.266. The molecule has 0 N–H and O–H groups in total. The van der Waals surface area contributed by atoms with Crippen LogP contribution in [0.25, 0.3) is 0 Å². The average molecular weight is 165 g/mol. The molecule has 0 aliphatic carbocycles. The molecule has 60 valence electrons. The fourth-order valence-corrected chi connectivity index (χ4v) is 2.24. The first-order valence-electron chi connectivity index (χ1n) is 3.89. The number of nitrogens with zero attached hydrogens (tertiary/aromatic N) is 1. The molecule has 0 aromatic heterocycles. The molecule has 0 unspecified atom stereocenters. The third-order valence-electron chi connectivity index (χ3n) is 1.62. The van der Waals surface area contributed by atoms with Crippen molar-refractivity contribution in [1.82, 2.24) is 4.57 Å². The number of rotatable bonds is 2. The van der Waals surface area contributed by atoms with Crippen molar-refractivity contribution < 1.29 is 0 Å². The third kappa shape index (κ3) is 2.86. The topological polar surface area (TPSA) is 3.24 Å². The zero-order valence-electron chi connectivity index (χ0n) is 7.46. The second kappa shape index (κ2) is 3.69. The Morgan fingerprint density at radius 3 is 2.09 bits per heavy atom. The van der Waals surface area contributed by atoms with Crippen molar-refractivity contribution in [3.8, 4) is 0 Å². The van der Waals surface area contributed by atoms with E-state index in [1.165, 1.54) is 10.8 Å². The Bertz CT molecular complexity index is 216. The van der Waals surface area contributed by atoms with Crippen LogP contribution in [0.5, 0.6) is 0 Å². The summed E-state index contributed by atoms with van der Waals surface area (Å²) in [4.78, 5) is 0. The number of aryl methyl sites for hydroxylation is 1. The maximum atomic E-state index is 2.31. The van der Waals surface area contributed by atoms with E-state index in [4.69, 9.17) is 0 Å². The Hall–Kier alpha value is -0.603. The van der Waals surface area contributed by atoms with Crippen LogP contribution in [0.2, 0.25) is 0 Å². The summed E-state index contributed by atoms with van der Waals surface area (Å²) in [7, 11) is 4.13. The average Bonchev–Trinajstić information content (AvgIpc) is 1.93. The molecular formula is C9H15NSi. The maximum absolute atomic E-state index is 2.31. The Morgan fingerprint density at radius 1 is 1.09 bits per heavy atom. The molecule has 0 heterocycles. The summed E-state index contributed by atoms with van der Waals surface area (Å²) in [5.74, 6) is 0. The van der Waals surface area contributed by atoms with Gasteiger partial charge in [0.15, 0.2) is 0 Å². The van der Waals surface area contributed by atoms with Crippen LogP contribution in [-0.4, -0.2) is 28.3 Å². The van der Waals surface area contributed by atoms with Gasteiger partial charge in [0.2, 0.25) is 0 Å². The first-order valence-corrected chi connectivity index (χ1v) is 5.23. The third-order valence-corrected chi connectivity index (χ3v) is 3.09. The summed E-state index contributed by atoms with van der Waals surface area (Å²) in [6, 6.07) is 8.85. The molecule has 11 heavy (non-hydrogen) atoms. The lowest BCUT2D eigenvalue weighted by atomic mass is 10.2. The monoisotopic (exact) mass is 165 g/mol. The van der Waals surface area contributed by atoms with E-state index in [0.29, 0.717) is 0 Å². The van der Waals surface area contributed by atoms with E-state index in [9.17, 15) is 0 Å². The Labute approximate surface area is 70.9 Å². The van der Waals surface area contributed by atoms with Gasteiger partial charge in [0, 0.05) is 0 Å². The molecule has 0 saturated heterocycles. The predicted molar refractivity (Wildman–Crippen MR) is 53.0 cm³/mol. The van der Waals surface area contributed by atoms with Crippen LogP contribution in [0.15, 0.2) is 24.3 Å². The SMILES string of the molecule is Cc1ccc([SiH2]N(C)C)cc1. The summed E-state index contributed by atoms with van der Waals surface area (Å²) < 4.78 is 2.31. The molecule has 0 atom stereocenters. The molecule has 0 radical (unpaired) electrons. The lowest BCUT2D eigenvalue weighted by molar-refractivity contribution is 0.669. The van der Waals surface area contributed by atoms with Crippen molar-refractivity contribution in [2.24, 2.45) is 0 Å². The van der Waals surface area contributed by atoms with Crippen LogP contribution in [0, 0.1) is 6.92 Å². The lowest BCUT2D eigenvalue weighted by Crippen LogP contribution is -2.28. The van der Waals surface area contributed by atoms with Crippen LogP contribution in [0.1, 0.15) is 5.56 Å². The van der Waals surface area contributed by atoms with E-state index in [1.807, 2.05) is 0 Å². The number of hydrogen-bond acceptors (Lipinski definition) is 1. The molecule has 0 aliphatic heterocycles. The van der Waals surface area contributed by atoms with E-state index < -0.39 is 0 Å². The first kappa shape index (κ1) is 8.49. The number of hydrogen-bond donors (Lipinski definition) is 0. The summed E-state index contributed by atoms with van der Waals surface area (Å²) >= 11 is 0. The summed E-state index contributed by atoms with van der Waals surface area (Å²) in [5.41, 5.74) is 1.35. The molecule has 2 heteroatoms. The smallest absolute Gasteiger partial charge is 0.126 e. The molecule has 1 nitrogen and oxygen atoms in total. The fourth-order valence-electron chi connectivity index (χ4n) is 1.06. The van der Waals surface area contributed by atoms with Crippen molar-refractivity contribution in [1.29, 1.82) is 0 Å². The highest BCUT2D eigenvalue weighted by atomic mass is 28.2. The lowest BCUT2D eigenvalue weighted by Gasteiger charge is -2.08. The van der Waals surface area contributed by atoms with Gasteiger partial charge in [-0.15, -0.1) is 0 Å². The fraction of sp³-hybridized carbons (Fsp3) is 0.333. The van der Waals surface area contributed by atoms with Gasteiger partial charge in [0.1, 0.15) is 9.68 Å². The highest BCUT2D eigenvalue weighted by Gasteiger charge is 1.94. The van der Waals surface area contributed by atoms with Crippen molar-refractivity contribution in [3.63, 3.8) is 0 Å². The van der Waals surface area contributed by atoms with Gasteiger partial charge in [0.25, 0.3) is 0 Å². The Morgan fingerprint density at radius 2 is 1.64 bits per heavy atom. The van der Waals surface area contributed by atoms with Gasteiger partial charge in [-0.25, -0.2) is 0 Å². The number of benzene rings is 1. The molecule has 0 saturated carbocycles. The van der Waals surface area contributed by atoms with E-state index in [1.54, 1.807) is 0 Å². The summed E-state index contributed by atoms with van der Waals surface area (Å²) in [5, 5.41) is 1.51. The van der Waals surface area contributed by atoms with Gasteiger partial charge in [-0.05, 0) is 26.2 Å². The second-order valence-corrected chi connectivity index (χ2v) is 5.62. The summed E-state index contributed by atoms with van der Waals surface area (Å²) in [6.45, 7) is 2.13. The molecule has 1 aromatic carbocycles. The highest BCUT2D eigenvalue weighted by Crippen LogP contribution is 1.91. The van der Waals surface area contributed by atoms with Crippen LogP contribution < -0.4 is 5.19 Å². The zero-order chi connectivity index (χ0) is 8.27. The standard InChI is InChI=1S/C9H15NSi/c1-8-4-6-9(7-5-8)11-10(2)3/h4-7H,11H2,1-3H3. The maximum Gasteiger partial charge on any atom is 0.126 e. The normalized spacial score (nSPS) is 11.6. The van der Waals surface area contributed by atoms with Crippen molar-refractivity contribution in [2.75, 3.05) is 14.1 Å². The molecule has 0 amide bonds. The van der Waals surface area contributed by atoms with Gasteiger partial charge < -0.3 is 4.57 Å². The minimum atomic E-state index is -0.159. The quantitative estimate of drug-likeness (QED) is 0.569. The van der Waals surface area contributed by atoms with E-state index >= 15 is 0 Å². The van der Waals surface area contributed by atoms with Crippen molar-refractivity contribution >= 4 is 14.9 Å².